The van der Waals surface area contributed by atoms with Gasteiger partial charge >= 0.3 is 0 Å². The first-order valence-corrected chi connectivity index (χ1v) is 8.64. The van der Waals surface area contributed by atoms with E-state index in [2.05, 4.69) is 22.1 Å². The molecule has 0 atom stereocenters. The van der Waals surface area contributed by atoms with Crippen LogP contribution >= 0.6 is 11.3 Å². The summed E-state index contributed by atoms with van der Waals surface area (Å²) in [5.74, 6) is 0.360. The molecule has 0 fully saturated rings. The van der Waals surface area contributed by atoms with Crippen LogP contribution in [0.3, 0.4) is 0 Å². The van der Waals surface area contributed by atoms with Crippen molar-refractivity contribution in [2.45, 2.75) is 0 Å². The Hall–Kier alpha value is -3.05. The summed E-state index contributed by atoms with van der Waals surface area (Å²) in [6, 6.07) is 21.2. The predicted molar refractivity (Wildman–Crippen MR) is 99.1 cm³/mol. The summed E-state index contributed by atoms with van der Waals surface area (Å²) in [5, 5.41) is 0.826. The number of aromatic nitrogens is 2. The molecule has 0 radical (unpaired) electrons. The molecule has 25 heavy (non-hydrogen) atoms. The molecule has 0 saturated carbocycles. The van der Waals surface area contributed by atoms with E-state index in [0.29, 0.717) is 11.4 Å². The van der Waals surface area contributed by atoms with E-state index in [-0.39, 0.29) is 12.4 Å². The van der Waals surface area contributed by atoms with Gasteiger partial charge in [0.1, 0.15) is 11.2 Å². The molecule has 0 aliphatic heterocycles. The molecule has 0 amide bonds. The third-order valence-corrected chi connectivity index (χ3v) is 4.88. The summed E-state index contributed by atoms with van der Waals surface area (Å²) < 4.78 is 5.69. The highest BCUT2D eigenvalue weighted by Crippen LogP contribution is 2.35. The maximum atomic E-state index is 12.2. The topological polar surface area (TPSA) is 52.1 Å². The van der Waals surface area contributed by atoms with Crippen molar-refractivity contribution in [3.8, 4) is 16.3 Å². The second kappa shape index (κ2) is 6.83. The molecule has 0 bridgehead atoms. The highest BCUT2D eigenvalue weighted by Gasteiger charge is 2.13. The van der Waals surface area contributed by atoms with E-state index in [9.17, 15) is 4.79 Å². The zero-order chi connectivity index (χ0) is 17.1. The molecule has 0 spiro atoms. The largest absolute Gasteiger partial charge is 0.469 e. The van der Waals surface area contributed by atoms with E-state index in [1.165, 1.54) is 6.33 Å². The van der Waals surface area contributed by atoms with E-state index >= 15 is 0 Å². The smallest absolute Gasteiger partial charge is 0.225 e. The number of carbonyl (C=O) groups is 1. The maximum absolute atomic E-state index is 12.2. The molecule has 2 heterocycles. The summed E-state index contributed by atoms with van der Waals surface area (Å²) >= 11 is 1.58. The van der Waals surface area contributed by atoms with Crippen LogP contribution in [0.1, 0.15) is 10.4 Å². The summed E-state index contributed by atoms with van der Waals surface area (Å²) in [4.78, 5) is 22.7. The number of nitrogens with zero attached hydrogens (tertiary/aromatic N) is 2. The van der Waals surface area contributed by atoms with Crippen molar-refractivity contribution < 1.29 is 9.53 Å². The molecular formula is C20H14N2O2S. The lowest BCUT2D eigenvalue weighted by atomic mass is 10.1. The van der Waals surface area contributed by atoms with Gasteiger partial charge in [-0.05, 0) is 11.6 Å². The fraction of sp³-hybridized carbons (Fsp3) is 0.0500. The van der Waals surface area contributed by atoms with Gasteiger partial charge in [-0.15, -0.1) is 11.3 Å². The second-order valence-electron chi connectivity index (χ2n) is 5.45. The number of ketones is 1. The summed E-state index contributed by atoms with van der Waals surface area (Å²) in [7, 11) is 0. The lowest BCUT2D eigenvalue weighted by molar-refractivity contribution is 0.0919. The first-order chi connectivity index (χ1) is 12.3. The number of benzene rings is 2. The number of Topliss-reactive ketones (excluding diaryl/α,β-unsaturated/α-hetero) is 1. The van der Waals surface area contributed by atoms with Crippen LogP contribution in [-0.4, -0.2) is 22.4 Å². The number of hydrogen-bond acceptors (Lipinski definition) is 5. The average molecular weight is 346 g/mol. The van der Waals surface area contributed by atoms with Crippen molar-refractivity contribution in [3.63, 3.8) is 0 Å². The van der Waals surface area contributed by atoms with E-state index in [0.717, 1.165) is 20.7 Å². The van der Waals surface area contributed by atoms with Crippen molar-refractivity contribution in [2.75, 3.05) is 6.61 Å². The van der Waals surface area contributed by atoms with Crippen LogP contribution in [0.2, 0.25) is 0 Å². The van der Waals surface area contributed by atoms with Crippen LogP contribution in [-0.2, 0) is 0 Å². The Balaban J connectivity index is 1.60. The standard InChI is InChI=1S/C20H14N2O2S/c23-17(14-7-3-1-4-8-14)12-24-19-16-11-18(15-9-5-2-6-10-15)25-20(16)22-13-21-19/h1-11,13H,12H2. The minimum Gasteiger partial charge on any atom is -0.469 e. The van der Waals surface area contributed by atoms with Gasteiger partial charge in [-0.1, -0.05) is 60.7 Å². The highest BCUT2D eigenvalue weighted by atomic mass is 32.1. The molecule has 0 N–H and O–H groups in total. The van der Waals surface area contributed by atoms with Crippen LogP contribution in [0.4, 0.5) is 0 Å². The number of rotatable bonds is 5. The molecule has 0 aliphatic rings. The van der Waals surface area contributed by atoms with Crippen molar-refractivity contribution in [2.24, 2.45) is 0 Å². The van der Waals surface area contributed by atoms with Gasteiger partial charge in [-0.2, -0.15) is 0 Å². The maximum Gasteiger partial charge on any atom is 0.225 e. The number of hydrogen-bond donors (Lipinski definition) is 0. The van der Waals surface area contributed by atoms with Crippen molar-refractivity contribution in [1.82, 2.24) is 9.97 Å². The molecule has 5 heteroatoms. The van der Waals surface area contributed by atoms with Crippen LogP contribution in [0.5, 0.6) is 5.88 Å². The van der Waals surface area contributed by atoms with Crippen molar-refractivity contribution in [1.29, 1.82) is 0 Å². The highest BCUT2D eigenvalue weighted by molar-refractivity contribution is 7.21. The number of fused-ring (bicyclic) bond motifs is 1. The van der Waals surface area contributed by atoms with Gasteiger partial charge in [0, 0.05) is 10.4 Å². The third-order valence-electron chi connectivity index (χ3n) is 3.79. The van der Waals surface area contributed by atoms with Gasteiger partial charge in [0.2, 0.25) is 5.88 Å². The molecule has 4 aromatic rings. The minimum atomic E-state index is -0.0779. The molecule has 0 unspecified atom stereocenters. The Kier molecular flexibility index (Phi) is 4.23. The Bertz CT molecular complexity index is 1010. The quantitative estimate of drug-likeness (QED) is 0.495. The minimum absolute atomic E-state index is 0.0490. The molecule has 0 saturated heterocycles. The fourth-order valence-electron chi connectivity index (χ4n) is 2.53. The zero-order valence-electron chi connectivity index (χ0n) is 13.3. The van der Waals surface area contributed by atoms with E-state index < -0.39 is 0 Å². The first kappa shape index (κ1) is 15.5. The van der Waals surface area contributed by atoms with Gasteiger partial charge in [0.25, 0.3) is 0 Å². The Labute approximate surface area is 148 Å². The molecule has 4 nitrogen and oxygen atoms in total. The fourth-order valence-corrected chi connectivity index (χ4v) is 3.53. The third kappa shape index (κ3) is 3.27. The lowest BCUT2D eigenvalue weighted by Gasteiger charge is -2.05. The lowest BCUT2D eigenvalue weighted by Crippen LogP contribution is -2.12. The normalized spacial score (nSPS) is 10.7. The predicted octanol–water partition coefficient (Wildman–Crippen LogP) is 4.62. The molecule has 0 aliphatic carbocycles. The molecule has 2 aromatic heterocycles. The van der Waals surface area contributed by atoms with E-state index in [1.807, 2.05) is 42.5 Å². The van der Waals surface area contributed by atoms with Gasteiger partial charge < -0.3 is 4.74 Å². The van der Waals surface area contributed by atoms with Gasteiger partial charge in [-0.3, -0.25) is 4.79 Å². The summed E-state index contributed by atoms with van der Waals surface area (Å²) in [6.07, 6.45) is 1.47. The number of ether oxygens (including phenoxy) is 1. The molecule has 2 aromatic carbocycles. The number of carbonyl (C=O) groups excluding carboxylic acids is 1. The Morgan fingerprint density at radius 2 is 1.68 bits per heavy atom. The zero-order valence-corrected chi connectivity index (χ0v) is 14.1. The van der Waals surface area contributed by atoms with Crippen LogP contribution in [0.25, 0.3) is 20.7 Å². The van der Waals surface area contributed by atoms with Gasteiger partial charge in [0.05, 0.1) is 5.39 Å². The molecular weight excluding hydrogens is 332 g/mol. The SMILES string of the molecule is O=C(COc1ncnc2sc(-c3ccccc3)cc12)c1ccccc1. The van der Waals surface area contributed by atoms with Gasteiger partial charge in [0.15, 0.2) is 12.4 Å². The molecule has 4 rings (SSSR count). The van der Waals surface area contributed by atoms with Gasteiger partial charge in [-0.25, -0.2) is 9.97 Å². The second-order valence-corrected chi connectivity index (χ2v) is 6.48. The van der Waals surface area contributed by atoms with E-state index in [4.69, 9.17) is 4.74 Å². The van der Waals surface area contributed by atoms with Crippen molar-refractivity contribution in [3.05, 3.63) is 78.6 Å². The van der Waals surface area contributed by atoms with Crippen LogP contribution < -0.4 is 4.74 Å². The number of thiophene rings is 1. The summed E-state index contributed by atoms with van der Waals surface area (Å²) in [5.41, 5.74) is 1.75. The van der Waals surface area contributed by atoms with Crippen LogP contribution in [0, 0.1) is 0 Å². The Morgan fingerprint density at radius 3 is 2.44 bits per heavy atom. The molecule has 122 valence electrons. The van der Waals surface area contributed by atoms with E-state index in [1.54, 1.807) is 23.5 Å². The Morgan fingerprint density at radius 1 is 0.960 bits per heavy atom. The monoisotopic (exact) mass is 346 g/mol. The summed E-state index contributed by atoms with van der Waals surface area (Å²) in [6.45, 7) is -0.0490. The average Bonchev–Trinajstić information content (AvgIpc) is 3.12. The first-order valence-electron chi connectivity index (χ1n) is 7.82. The van der Waals surface area contributed by atoms with Crippen LogP contribution in [0.15, 0.2) is 73.1 Å². The van der Waals surface area contributed by atoms with Crippen molar-refractivity contribution >= 4 is 27.3 Å².